The summed E-state index contributed by atoms with van der Waals surface area (Å²) in [5.74, 6) is 2.03. The van der Waals surface area contributed by atoms with Crippen molar-refractivity contribution in [2.75, 3.05) is 22.6 Å². The van der Waals surface area contributed by atoms with Crippen LogP contribution < -0.4 is 16.0 Å². The molecule has 0 bridgehead atoms. The number of aryl methyl sites for hydroxylation is 1. The lowest BCUT2D eigenvalue weighted by Crippen LogP contribution is -2.30. The van der Waals surface area contributed by atoms with Crippen molar-refractivity contribution in [3.63, 3.8) is 0 Å². The first-order chi connectivity index (χ1) is 11.3. The van der Waals surface area contributed by atoms with Crippen molar-refractivity contribution in [3.05, 3.63) is 59.3 Å². The van der Waals surface area contributed by atoms with Gasteiger partial charge in [0.1, 0.15) is 5.82 Å². The van der Waals surface area contributed by atoms with Crippen LogP contribution in [0.4, 0.5) is 17.2 Å². The van der Waals surface area contributed by atoms with Crippen LogP contribution in [-0.2, 0) is 0 Å². The van der Waals surface area contributed by atoms with Crippen LogP contribution in [0.25, 0.3) is 0 Å². The van der Waals surface area contributed by atoms with Crippen molar-refractivity contribution in [2.24, 2.45) is 5.92 Å². The average molecular weight is 304 g/mol. The van der Waals surface area contributed by atoms with Gasteiger partial charge in [-0.1, -0.05) is 42.5 Å². The molecule has 0 saturated carbocycles. The lowest BCUT2D eigenvalue weighted by molar-refractivity contribution is 0.424. The first-order valence-corrected chi connectivity index (χ1v) is 8.33. The molecular formula is C19H20N4. The molecule has 0 saturated heterocycles. The molecule has 0 fully saturated rings. The molecule has 23 heavy (non-hydrogen) atoms. The van der Waals surface area contributed by atoms with E-state index in [0.717, 1.165) is 24.6 Å². The molecule has 3 aliphatic rings. The quantitative estimate of drug-likeness (QED) is 0.697. The summed E-state index contributed by atoms with van der Waals surface area (Å²) in [4.78, 5) is 4.87. The molecule has 1 aromatic carbocycles. The third-order valence-corrected chi connectivity index (χ3v) is 5.37. The Hall–Kier alpha value is -2.49. The van der Waals surface area contributed by atoms with Gasteiger partial charge in [0.2, 0.25) is 0 Å². The molecule has 116 valence electrons. The smallest absolute Gasteiger partial charge is 0.132 e. The number of aromatic nitrogens is 1. The lowest BCUT2D eigenvalue weighted by atomic mass is 9.77. The highest BCUT2D eigenvalue weighted by Gasteiger charge is 2.41. The molecule has 3 atom stereocenters. The molecule has 0 radical (unpaired) electrons. The topological polar surface area (TPSA) is 49.0 Å². The number of rotatable bonds is 1. The molecule has 4 heteroatoms. The first kappa shape index (κ1) is 13.0. The molecule has 3 unspecified atom stereocenters. The normalized spacial score (nSPS) is 26.6. The van der Waals surface area contributed by atoms with Gasteiger partial charge < -0.3 is 16.0 Å². The SMILES string of the molecule is Cc1nc2c(c3c1NCN3)C1C=CCC1C(c1ccccc1)N2. The molecule has 3 heterocycles. The van der Waals surface area contributed by atoms with Gasteiger partial charge in [-0.15, -0.1) is 0 Å². The monoisotopic (exact) mass is 304 g/mol. The van der Waals surface area contributed by atoms with E-state index in [0.29, 0.717) is 17.9 Å². The Bertz CT molecular complexity index is 797. The Morgan fingerprint density at radius 1 is 1.09 bits per heavy atom. The fourth-order valence-electron chi connectivity index (χ4n) is 4.34. The van der Waals surface area contributed by atoms with Crippen LogP contribution in [0.2, 0.25) is 0 Å². The molecule has 1 aromatic heterocycles. The van der Waals surface area contributed by atoms with E-state index in [1.807, 2.05) is 0 Å². The predicted molar refractivity (Wildman–Crippen MR) is 93.9 cm³/mol. The second-order valence-corrected chi connectivity index (χ2v) is 6.63. The van der Waals surface area contributed by atoms with Crippen molar-refractivity contribution in [2.45, 2.75) is 25.3 Å². The summed E-state index contributed by atoms with van der Waals surface area (Å²) in [6.45, 7) is 2.87. The van der Waals surface area contributed by atoms with Crippen molar-refractivity contribution in [1.29, 1.82) is 0 Å². The van der Waals surface area contributed by atoms with E-state index in [-0.39, 0.29) is 0 Å². The van der Waals surface area contributed by atoms with Crippen molar-refractivity contribution in [3.8, 4) is 0 Å². The zero-order valence-corrected chi connectivity index (χ0v) is 13.1. The Kier molecular flexibility index (Phi) is 2.68. The Morgan fingerprint density at radius 3 is 2.78 bits per heavy atom. The number of benzene rings is 1. The zero-order chi connectivity index (χ0) is 15.4. The lowest BCUT2D eigenvalue weighted by Gasteiger charge is -2.37. The minimum atomic E-state index is 0.322. The van der Waals surface area contributed by atoms with E-state index in [2.05, 4.69) is 65.4 Å². The van der Waals surface area contributed by atoms with Crippen molar-refractivity contribution >= 4 is 17.2 Å². The molecule has 2 aromatic rings. The van der Waals surface area contributed by atoms with E-state index < -0.39 is 0 Å². The highest BCUT2D eigenvalue weighted by Crippen LogP contribution is 2.53. The summed E-state index contributed by atoms with van der Waals surface area (Å²) < 4.78 is 0. The number of pyridine rings is 1. The molecule has 5 rings (SSSR count). The highest BCUT2D eigenvalue weighted by atomic mass is 15.2. The molecule has 4 nitrogen and oxygen atoms in total. The number of anilines is 3. The molecule has 3 N–H and O–H groups in total. The fourth-order valence-corrected chi connectivity index (χ4v) is 4.34. The summed E-state index contributed by atoms with van der Waals surface area (Å²) in [6.07, 6.45) is 5.82. The van der Waals surface area contributed by atoms with Crippen LogP contribution in [0.1, 0.15) is 35.2 Å². The summed E-state index contributed by atoms with van der Waals surface area (Å²) >= 11 is 0. The molecule has 0 amide bonds. The van der Waals surface area contributed by atoms with Crippen molar-refractivity contribution < 1.29 is 0 Å². The zero-order valence-electron chi connectivity index (χ0n) is 13.1. The van der Waals surface area contributed by atoms with Crippen LogP contribution in [0, 0.1) is 12.8 Å². The second kappa shape index (κ2) is 4.75. The van der Waals surface area contributed by atoms with E-state index >= 15 is 0 Å². The van der Waals surface area contributed by atoms with Gasteiger partial charge in [0.25, 0.3) is 0 Å². The van der Waals surface area contributed by atoms with Gasteiger partial charge in [-0.3, -0.25) is 0 Å². The molecular weight excluding hydrogens is 284 g/mol. The third kappa shape index (κ3) is 1.81. The average Bonchev–Trinajstić information content (AvgIpc) is 3.24. The standard InChI is InChI=1S/C19H20N4/c1-11-16-18(21-10-20-16)15-13-8-5-9-14(13)17(23-19(15)22-11)12-6-3-2-4-7-12/h2-8,13-14,17,20-21H,9-10H2,1H3,(H,22,23). The molecule has 2 aliphatic heterocycles. The minimum absolute atomic E-state index is 0.322. The van der Waals surface area contributed by atoms with Gasteiger partial charge in [0.05, 0.1) is 29.8 Å². The number of fused-ring (bicyclic) bond motifs is 5. The maximum Gasteiger partial charge on any atom is 0.132 e. The Balaban J connectivity index is 1.67. The van der Waals surface area contributed by atoms with Gasteiger partial charge in [0.15, 0.2) is 0 Å². The van der Waals surface area contributed by atoms with Gasteiger partial charge in [-0.2, -0.15) is 0 Å². The van der Waals surface area contributed by atoms with Gasteiger partial charge in [-0.05, 0) is 24.8 Å². The van der Waals surface area contributed by atoms with Crippen LogP contribution >= 0.6 is 0 Å². The molecule has 0 spiro atoms. The number of nitrogens with zero attached hydrogens (tertiary/aromatic N) is 1. The van der Waals surface area contributed by atoms with Crippen molar-refractivity contribution in [1.82, 2.24) is 4.98 Å². The van der Waals surface area contributed by atoms with Crippen LogP contribution in [0.15, 0.2) is 42.5 Å². The third-order valence-electron chi connectivity index (χ3n) is 5.37. The van der Waals surface area contributed by atoms with Crippen LogP contribution in [0.3, 0.4) is 0 Å². The second-order valence-electron chi connectivity index (χ2n) is 6.63. The van der Waals surface area contributed by atoms with Gasteiger partial charge in [0, 0.05) is 11.5 Å². The number of hydrogen-bond donors (Lipinski definition) is 3. The van der Waals surface area contributed by atoms with E-state index in [1.54, 1.807) is 0 Å². The summed E-state index contributed by atoms with van der Waals surface area (Å²) in [5, 5.41) is 10.7. The fraction of sp³-hybridized carbons (Fsp3) is 0.316. The van der Waals surface area contributed by atoms with Crippen LogP contribution in [0.5, 0.6) is 0 Å². The largest absolute Gasteiger partial charge is 0.366 e. The Morgan fingerprint density at radius 2 is 1.91 bits per heavy atom. The van der Waals surface area contributed by atoms with Gasteiger partial charge >= 0.3 is 0 Å². The highest BCUT2D eigenvalue weighted by molar-refractivity contribution is 5.84. The number of hydrogen-bond acceptors (Lipinski definition) is 4. The van der Waals surface area contributed by atoms with Gasteiger partial charge in [-0.25, -0.2) is 4.98 Å². The summed E-state index contributed by atoms with van der Waals surface area (Å²) in [6, 6.07) is 11.1. The Labute approximate surface area is 136 Å². The van der Waals surface area contributed by atoms with Crippen LogP contribution in [-0.4, -0.2) is 11.7 Å². The van der Waals surface area contributed by atoms with E-state index in [9.17, 15) is 0 Å². The first-order valence-electron chi connectivity index (χ1n) is 8.33. The maximum atomic E-state index is 4.87. The number of nitrogens with one attached hydrogen (secondary N) is 3. The molecule has 1 aliphatic carbocycles. The van der Waals surface area contributed by atoms with E-state index in [4.69, 9.17) is 4.98 Å². The maximum absolute atomic E-state index is 4.87. The summed E-state index contributed by atoms with van der Waals surface area (Å²) in [7, 11) is 0. The summed E-state index contributed by atoms with van der Waals surface area (Å²) in [5.41, 5.74) is 6.16. The van der Waals surface area contributed by atoms with E-state index in [1.165, 1.54) is 22.5 Å². The number of allylic oxidation sites excluding steroid dienone is 2. The predicted octanol–water partition coefficient (Wildman–Crippen LogP) is 4.01. The minimum Gasteiger partial charge on any atom is -0.366 e.